The van der Waals surface area contributed by atoms with Crippen LogP contribution in [0.1, 0.15) is 12.5 Å². The Balaban J connectivity index is 2.25. The summed E-state index contributed by atoms with van der Waals surface area (Å²) in [5.74, 6) is -2.66. The molecule has 0 saturated heterocycles. The zero-order valence-corrected chi connectivity index (χ0v) is 18.3. The lowest BCUT2D eigenvalue weighted by Crippen LogP contribution is -2.22. The number of aliphatic hydroxyl groups is 1. The average molecular weight is 439 g/mol. The maximum Gasteiger partial charge on any atom is 0.376 e. The van der Waals surface area contributed by atoms with Crippen LogP contribution >= 0.6 is 0 Å². The highest BCUT2D eigenvalue weighted by Crippen LogP contribution is 2.27. The van der Waals surface area contributed by atoms with E-state index in [9.17, 15) is 14.7 Å². The van der Waals surface area contributed by atoms with Crippen molar-refractivity contribution in [1.29, 1.82) is 0 Å². The van der Waals surface area contributed by atoms with Crippen LogP contribution in [0, 0.1) is 0 Å². The molecule has 0 bridgehead atoms. The molecule has 0 fully saturated rings. The number of hydrogen-bond acceptors (Lipinski definition) is 9. The van der Waals surface area contributed by atoms with Gasteiger partial charge in [0.05, 0.1) is 19.9 Å². The van der Waals surface area contributed by atoms with Gasteiger partial charge in [-0.15, -0.1) is 10.2 Å². The summed E-state index contributed by atoms with van der Waals surface area (Å²) >= 11 is 0. The fourth-order valence-electron chi connectivity index (χ4n) is 2.39. The first kappa shape index (κ1) is 24.1. The van der Waals surface area contributed by atoms with Crippen molar-refractivity contribution in [3.63, 3.8) is 0 Å². The molecule has 10 heteroatoms. The molecule has 0 aliphatic rings. The van der Waals surface area contributed by atoms with Crippen molar-refractivity contribution in [2.45, 2.75) is 6.92 Å². The van der Waals surface area contributed by atoms with Gasteiger partial charge >= 0.3 is 5.97 Å². The number of hydrazone groups is 1. The van der Waals surface area contributed by atoms with E-state index in [0.717, 1.165) is 11.3 Å². The number of hydrogen-bond donors (Lipinski definition) is 2. The van der Waals surface area contributed by atoms with Crippen LogP contribution in [0.15, 0.2) is 75.3 Å². The molecule has 2 N–H and O–H groups in total. The summed E-state index contributed by atoms with van der Waals surface area (Å²) in [6.45, 7) is 1.57. The first-order valence-electron chi connectivity index (χ1n) is 9.63. The molecule has 2 aromatic carbocycles. The normalized spacial score (nSPS) is 11.9. The Kier molecular flexibility index (Phi) is 8.91. The lowest BCUT2D eigenvalue weighted by atomic mass is 10.2. The van der Waals surface area contributed by atoms with Crippen molar-refractivity contribution >= 4 is 29.5 Å². The van der Waals surface area contributed by atoms with Crippen molar-refractivity contribution in [3.8, 4) is 5.75 Å². The maximum atomic E-state index is 12.6. The fraction of sp³-hybridized carbons (Fsp3) is 0.227. The molecular formula is C22H25N5O5. The number of para-hydroxylation sites is 1. The number of anilines is 1. The molecule has 10 nitrogen and oxygen atoms in total. The minimum atomic E-state index is -1.11. The van der Waals surface area contributed by atoms with Crippen LogP contribution in [0.5, 0.6) is 5.75 Å². The van der Waals surface area contributed by atoms with Gasteiger partial charge in [-0.1, -0.05) is 24.3 Å². The lowest BCUT2D eigenvalue weighted by molar-refractivity contribution is -0.142. The lowest BCUT2D eigenvalue weighted by Gasteiger charge is -2.11. The van der Waals surface area contributed by atoms with Crippen molar-refractivity contribution in [2.24, 2.45) is 15.3 Å². The third-order valence-corrected chi connectivity index (χ3v) is 4.04. The minimum absolute atomic E-state index is 0.00252. The number of benzene rings is 2. The van der Waals surface area contributed by atoms with Gasteiger partial charge in [-0.05, 0) is 36.8 Å². The number of esters is 1. The maximum absolute atomic E-state index is 12.6. The van der Waals surface area contributed by atoms with Gasteiger partial charge in [0.1, 0.15) is 11.4 Å². The molecule has 0 unspecified atom stereocenters. The predicted octanol–water partition coefficient (Wildman–Crippen LogP) is 3.33. The first-order valence-corrected chi connectivity index (χ1v) is 9.63. The molecule has 0 aromatic heterocycles. The van der Waals surface area contributed by atoms with Crippen molar-refractivity contribution in [2.75, 3.05) is 32.7 Å². The molecule has 0 saturated carbocycles. The standard InChI is InChI=1S/C22H25N5O5/c1-5-32-22(30)20(28)19(25-24-17-8-6-7-9-18(17)31-4)21(29)26-23-14-15-10-12-16(13-11-15)27(2)3/h6-14,28H,5H2,1-4H3,(H,26,29)/b20-19-,23-14+,25-24?. The van der Waals surface area contributed by atoms with Gasteiger partial charge in [-0.3, -0.25) is 4.79 Å². The number of ether oxygens (including phenoxy) is 2. The van der Waals surface area contributed by atoms with E-state index in [1.165, 1.54) is 13.3 Å². The van der Waals surface area contributed by atoms with Crippen LogP contribution in [-0.4, -0.2) is 51.0 Å². The SMILES string of the molecule is CCOC(=O)/C(O)=C(/N=Nc1ccccc1OC)C(=O)N/N=C/c1ccc(N(C)C)cc1. The number of aliphatic hydroxyl groups excluding tert-OH is 1. The van der Waals surface area contributed by atoms with Gasteiger partial charge in [0.2, 0.25) is 11.5 Å². The molecule has 0 atom stereocenters. The molecular weight excluding hydrogens is 414 g/mol. The number of azo groups is 1. The van der Waals surface area contributed by atoms with Crippen molar-refractivity contribution in [1.82, 2.24) is 5.43 Å². The van der Waals surface area contributed by atoms with Crippen molar-refractivity contribution in [3.05, 3.63) is 65.6 Å². The molecule has 32 heavy (non-hydrogen) atoms. The highest BCUT2D eigenvalue weighted by molar-refractivity contribution is 6.01. The number of nitrogens with zero attached hydrogens (tertiary/aromatic N) is 4. The van der Waals surface area contributed by atoms with Crippen LogP contribution in [0.25, 0.3) is 0 Å². The van der Waals surface area contributed by atoms with Crippen molar-refractivity contribution < 1.29 is 24.2 Å². The Hall–Kier alpha value is -4.21. The predicted molar refractivity (Wildman–Crippen MR) is 120 cm³/mol. The second-order valence-corrected chi connectivity index (χ2v) is 6.47. The summed E-state index contributed by atoms with van der Waals surface area (Å²) in [6.07, 6.45) is 1.41. The molecule has 2 aromatic rings. The first-order chi connectivity index (χ1) is 15.4. The van der Waals surface area contributed by atoms with E-state index in [1.54, 1.807) is 31.2 Å². The van der Waals surface area contributed by atoms with E-state index in [2.05, 4.69) is 20.8 Å². The van der Waals surface area contributed by atoms with E-state index in [4.69, 9.17) is 9.47 Å². The Labute approximate surface area is 185 Å². The summed E-state index contributed by atoms with van der Waals surface area (Å²) in [7, 11) is 5.30. The summed E-state index contributed by atoms with van der Waals surface area (Å²) in [6, 6.07) is 14.1. The fourth-order valence-corrected chi connectivity index (χ4v) is 2.39. The molecule has 0 aliphatic heterocycles. The number of nitrogens with one attached hydrogen (secondary N) is 1. The Morgan fingerprint density at radius 1 is 1.12 bits per heavy atom. The average Bonchev–Trinajstić information content (AvgIpc) is 2.79. The van der Waals surface area contributed by atoms with Gasteiger partial charge in [-0.2, -0.15) is 5.10 Å². The van der Waals surface area contributed by atoms with Gasteiger partial charge in [0, 0.05) is 19.8 Å². The summed E-state index contributed by atoms with van der Waals surface area (Å²) in [5.41, 5.74) is 3.59. The molecule has 0 spiro atoms. The van der Waals surface area contributed by atoms with E-state index in [0.29, 0.717) is 11.4 Å². The second-order valence-electron chi connectivity index (χ2n) is 6.47. The highest BCUT2D eigenvalue weighted by Gasteiger charge is 2.22. The summed E-state index contributed by atoms with van der Waals surface area (Å²) in [4.78, 5) is 26.4. The van der Waals surface area contributed by atoms with Gasteiger partial charge in [0.25, 0.3) is 5.91 Å². The van der Waals surface area contributed by atoms with Gasteiger partial charge in [-0.25, -0.2) is 10.2 Å². The highest BCUT2D eigenvalue weighted by atomic mass is 16.5. The zero-order chi connectivity index (χ0) is 23.5. The Morgan fingerprint density at radius 2 is 1.81 bits per heavy atom. The molecule has 168 valence electrons. The largest absolute Gasteiger partial charge is 0.500 e. The van der Waals surface area contributed by atoms with E-state index < -0.39 is 23.3 Å². The van der Waals surface area contributed by atoms with Crippen LogP contribution in [0.4, 0.5) is 11.4 Å². The van der Waals surface area contributed by atoms with E-state index >= 15 is 0 Å². The van der Waals surface area contributed by atoms with Crippen LogP contribution < -0.4 is 15.1 Å². The smallest absolute Gasteiger partial charge is 0.376 e. The van der Waals surface area contributed by atoms with Crippen LogP contribution in [-0.2, 0) is 14.3 Å². The molecule has 0 radical (unpaired) electrons. The third-order valence-electron chi connectivity index (χ3n) is 4.04. The number of rotatable bonds is 9. The monoisotopic (exact) mass is 439 g/mol. The van der Waals surface area contributed by atoms with Gasteiger partial charge < -0.3 is 19.5 Å². The van der Waals surface area contributed by atoms with Crippen LogP contribution in [0.3, 0.4) is 0 Å². The molecule has 0 aliphatic carbocycles. The Bertz CT molecular complexity index is 1030. The summed E-state index contributed by atoms with van der Waals surface area (Å²) < 4.78 is 9.91. The molecule has 1 amide bonds. The minimum Gasteiger partial charge on any atom is -0.500 e. The topological polar surface area (TPSA) is 125 Å². The number of carbonyl (C=O) groups excluding carboxylic acids is 2. The quantitative estimate of drug-likeness (QED) is 0.154. The number of amides is 1. The Morgan fingerprint density at radius 3 is 2.44 bits per heavy atom. The number of carbonyl (C=O) groups is 2. The molecule has 0 heterocycles. The zero-order valence-electron chi connectivity index (χ0n) is 18.3. The van der Waals surface area contributed by atoms with E-state index in [-0.39, 0.29) is 6.61 Å². The van der Waals surface area contributed by atoms with Gasteiger partial charge in [0.15, 0.2) is 0 Å². The van der Waals surface area contributed by atoms with Crippen LogP contribution in [0.2, 0.25) is 0 Å². The van der Waals surface area contributed by atoms with E-state index in [1.807, 2.05) is 43.3 Å². The molecule has 2 rings (SSSR count). The summed E-state index contributed by atoms with van der Waals surface area (Å²) in [5, 5.41) is 21.7. The number of methoxy groups -OCH3 is 1. The third kappa shape index (κ3) is 6.66. The second kappa shape index (κ2) is 11.8.